The molecule has 0 radical (unpaired) electrons. The number of carbonyl (C=O) groups excluding carboxylic acids is 1. The minimum absolute atomic E-state index is 0.0159. The molecule has 140 valence electrons. The first-order valence-electron chi connectivity index (χ1n) is 8.63. The van der Waals surface area contributed by atoms with Crippen LogP contribution in [0.2, 0.25) is 0 Å². The molecule has 1 aliphatic rings. The van der Waals surface area contributed by atoms with E-state index >= 15 is 0 Å². The van der Waals surface area contributed by atoms with Crippen molar-refractivity contribution in [1.82, 2.24) is 19.7 Å². The highest BCUT2D eigenvalue weighted by atomic mass is 19.3. The number of carbonyl (C=O) groups is 1. The summed E-state index contributed by atoms with van der Waals surface area (Å²) < 4.78 is 41.1. The van der Waals surface area contributed by atoms with E-state index in [0.29, 0.717) is 27.9 Å². The number of benzene rings is 1. The zero-order valence-corrected chi connectivity index (χ0v) is 14.6. The Morgan fingerprint density at radius 3 is 2.67 bits per heavy atom. The van der Waals surface area contributed by atoms with Gasteiger partial charge in [0.25, 0.3) is 6.43 Å². The van der Waals surface area contributed by atoms with Gasteiger partial charge in [-0.1, -0.05) is 6.07 Å². The first-order valence-corrected chi connectivity index (χ1v) is 8.63. The van der Waals surface area contributed by atoms with Crippen molar-refractivity contribution in [3.8, 4) is 11.1 Å². The third kappa shape index (κ3) is 3.15. The van der Waals surface area contributed by atoms with Crippen LogP contribution in [0.5, 0.6) is 0 Å². The fraction of sp³-hybridized carbons (Fsp3) is 0.316. The van der Waals surface area contributed by atoms with E-state index in [1.54, 1.807) is 28.8 Å². The Balaban J connectivity index is 1.74. The lowest BCUT2D eigenvalue weighted by Crippen LogP contribution is -2.43. The molecule has 0 bridgehead atoms. The summed E-state index contributed by atoms with van der Waals surface area (Å²) in [7, 11) is 0. The summed E-state index contributed by atoms with van der Waals surface area (Å²) in [6.45, 7) is 3.41. The number of pyridine rings is 1. The van der Waals surface area contributed by atoms with Gasteiger partial charge in [0.1, 0.15) is 17.9 Å². The predicted molar refractivity (Wildman–Crippen MR) is 93.8 cm³/mol. The number of hydrogen-bond acceptors (Lipinski definition) is 3. The van der Waals surface area contributed by atoms with E-state index in [4.69, 9.17) is 0 Å². The molecule has 8 heteroatoms. The van der Waals surface area contributed by atoms with Crippen LogP contribution in [0.25, 0.3) is 22.2 Å². The van der Waals surface area contributed by atoms with E-state index in [1.807, 2.05) is 0 Å². The molecule has 3 heterocycles. The van der Waals surface area contributed by atoms with Crippen LogP contribution in [0.4, 0.5) is 13.2 Å². The number of aromatic nitrogens is 3. The largest absolute Gasteiger partial charge is 0.341 e. The number of aryl methyl sites for hydroxylation is 1. The maximum atomic E-state index is 13.6. The van der Waals surface area contributed by atoms with Crippen LogP contribution in [0.1, 0.15) is 24.1 Å². The molecule has 0 atom stereocenters. The number of amides is 1. The lowest BCUT2D eigenvalue weighted by Gasteiger charge is -2.30. The summed E-state index contributed by atoms with van der Waals surface area (Å²) in [6.07, 6.45) is -0.349. The van der Waals surface area contributed by atoms with Gasteiger partial charge in [-0.2, -0.15) is 5.10 Å². The number of rotatable bonds is 4. The fourth-order valence-corrected chi connectivity index (χ4v) is 3.17. The molecule has 1 amide bonds. The number of nitrogens with zero attached hydrogens (tertiary/aromatic N) is 4. The SMILES string of the molecule is Cc1nn(CC(=O)N2CCC2)c2cc(-c3ccc(F)c(C(F)F)c3)cnc12. The van der Waals surface area contributed by atoms with Crippen molar-refractivity contribution in [3.05, 3.63) is 47.5 Å². The molecule has 1 saturated heterocycles. The molecular weight excluding hydrogens is 357 g/mol. The number of likely N-dealkylation sites (tertiary alicyclic amines) is 1. The molecule has 5 nitrogen and oxygen atoms in total. The molecule has 0 spiro atoms. The minimum atomic E-state index is -2.90. The molecule has 1 aliphatic heterocycles. The van der Waals surface area contributed by atoms with E-state index in [9.17, 15) is 18.0 Å². The molecule has 0 N–H and O–H groups in total. The summed E-state index contributed by atoms with van der Waals surface area (Å²) in [5, 5.41) is 4.39. The molecule has 3 aromatic rings. The highest BCUT2D eigenvalue weighted by molar-refractivity contribution is 5.85. The van der Waals surface area contributed by atoms with Crippen molar-refractivity contribution >= 4 is 16.9 Å². The van der Waals surface area contributed by atoms with E-state index in [0.717, 1.165) is 31.6 Å². The lowest BCUT2D eigenvalue weighted by atomic mass is 10.0. The maximum absolute atomic E-state index is 13.6. The van der Waals surface area contributed by atoms with Crippen molar-refractivity contribution in [1.29, 1.82) is 0 Å². The van der Waals surface area contributed by atoms with Gasteiger partial charge in [0.2, 0.25) is 5.91 Å². The van der Waals surface area contributed by atoms with Crippen LogP contribution in [-0.4, -0.2) is 38.7 Å². The zero-order valence-electron chi connectivity index (χ0n) is 14.6. The van der Waals surface area contributed by atoms with Gasteiger partial charge in [0.05, 0.1) is 16.8 Å². The number of alkyl halides is 2. The van der Waals surface area contributed by atoms with Gasteiger partial charge in [0, 0.05) is 24.8 Å². The summed E-state index contributed by atoms with van der Waals surface area (Å²) in [5.41, 5.74) is 2.31. The fourth-order valence-electron chi connectivity index (χ4n) is 3.17. The highest BCUT2D eigenvalue weighted by Crippen LogP contribution is 2.29. The molecule has 1 fully saturated rings. The molecule has 4 rings (SSSR count). The van der Waals surface area contributed by atoms with Crippen LogP contribution in [-0.2, 0) is 11.3 Å². The summed E-state index contributed by atoms with van der Waals surface area (Å²) in [5.74, 6) is -0.957. The van der Waals surface area contributed by atoms with Gasteiger partial charge in [-0.25, -0.2) is 13.2 Å². The molecule has 0 unspecified atom stereocenters. The second kappa shape index (κ2) is 6.68. The van der Waals surface area contributed by atoms with Gasteiger partial charge in [-0.15, -0.1) is 0 Å². The van der Waals surface area contributed by atoms with Gasteiger partial charge >= 0.3 is 0 Å². The summed E-state index contributed by atoms with van der Waals surface area (Å²) >= 11 is 0. The Morgan fingerprint density at radius 2 is 2.00 bits per heavy atom. The monoisotopic (exact) mass is 374 g/mol. The van der Waals surface area contributed by atoms with Crippen LogP contribution >= 0.6 is 0 Å². The summed E-state index contributed by atoms with van der Waals surface area (Å²) in [6, 6.07) is 5.33. The second-order valence-electron chi connectivity index (χ2n) is 6.61. The number of fused-ring (bicyclic) bond motifs is 1. The quantitative estimate of drug-likeness (QED) is 0.700. The van der Waals surface area contributed by atoms with Crippen LogP contribution in [0.3, 0.4) is 0 Å². The molecule has 1 aromatic carbocycles. The summed E-state index contributed by atoms with van der Waals surface area (Å²) in [4.78, 5) is 18.4. The molecular formula is C19H17F3N4O. The third-order valence-corrected chi connectivity index (χ3v) is 4.82. The van der Waals surface area contributed by atoms with Gasteiger partial charge in [-0.3, -0.25) is 14.5 Å². The average Bonchev–Trinajstić information content (AvgIpc) is 2.88. The predicted octanol–water partition coefficient (Wildman–Crippen LogP) is 3.72. The van der Waals surface area contributed by atoms with E-state index in [-0.39, 0.29) is 12.5 Å². The molecule has 27 heavy (non-hydrogen) atoms. The Hall–Kier alpha value is -2.90. The van der Waals surface area contributed by atoms with Crippen LogP contribution < -0.4 is 0 Å². The molecule has 2 aromatic heterocycles. The highest BCUT2D eigenvalue weighted by Gasteiger charge is 2.22. The number of hydrogen-bond donors (Lipinski definition) is 0. The minimum Gasteiger partial charge on any atom is -0.341 e. The van der Waals surface area contributed by atoms with E-state index in [1.165, 1.54) is 6.07 Å². The Bertz CT molecular complexity index is 1030. The van der Waals surface area contributed by atoms with Crippen LogP contribution in [0, 0.1) is 12.7 Å². The van der Waals surface area contributed by atoms with Crippen molar-refractivity contribution in [2.24, 2.45) is 0 Å². The zero-order chi connectivity index (χ0) is 19.1. The third-order valence-electron chi connectivity index (χ3n) is 4.82. The Labute approximate surface area is 153 Å². The average molecular weight is 374 g/mol. The van der Waals surface area contributed by atoms with Gasteiger partial charge in [-0.05, 0) is 37.1 Å². The smallest absolute Gasteiger partial charge is 0.266 e. The lowest BCUT2D eigenvalue weighted by molar-refractivity contribution is -0.135. The first-order chi connectivity index (χ1) is 12.9. The maximum Gasteiger partial charge on any atom is 0.266 e. The number of halogens is 3. The van der Waals surface area contributed by atoms with Gasteiger partial charge in [0.15, 0.2) is 0 Å². The normalized spacial score (nSPS) is 14.0. The van der Waals surface area contributed by atoms with Crippen molar-refractivity contribution in [2.45, 2.75) is 26.3 Å². The Morgan fingerprint density at radius 1 is 1.22 bits per heavy atom. The van der Waals surface area contributed by atoms with Crippen molar-refractivity contribution < 1.29 is 18.0 Å². The molecule has 0 saturated carbocycles. The van der Waals surface area contributed by atoms with E-state index in [2.05, 4.69) is 10.1 Å². The van der Waals surface area contributed by atoms with Crippen molar-refractivity contribution in [2.75, 3.05) is 13.1 Å². The first kappa shape index (κ1) is 17.5. The van der Waals surface area contributed by atoms with E-state index < -0.39 is 17.8 Å². The van der Waals surface area contributed by atoms with Crippen molar-refractivity contribution in [3.63, 3.8) is 0 Å². The topological polar surface area (TPSA) is 51.0 Å². The van der Waals surface area contributed by atoms with Gasteiger partial charge < -0.3 is 4.90 Å². The Kier molecular flexibility index (Phi) is 4.33. The standard InChI is InChI=1S/C19H17F3N4O/c1-11-18-16(26(24-11)10-17(27)25-5-2-6-25)8-13(9-23-18)12-3-4-15(20)14(7-12)19(21)22/h3-4,7-9,19H,2,5-6,10H2,1H3. The second-order valence-corrected chi connectivity index (χ2v) is 6.61. The molecule has 0 aliphatic carbocycles. The van der Waals surface area contributed by atoms with Crippen LogP contribution in [0.15, 0.2) is 30.5 Å².